The summed E-state index contributed by atoms with van der Waals surface area (Å²) in [5.41, 5.74) is 0.759. The minimum absolute atomic E-state index is 0.0705. The second kappa shape index (κ2) is 13.0. The van der Waals surface area contributed by atoms with Crippen molar-refractivity contribution >= 4 is 50.7 Å². The molecule has 35 heavy (non-hydrogen) atoms. The van der Waals surface area contributed by atoms with Gasteiger partial charge < -0.3 is 15.0 Å². The molecule has 0 unspecified atom stereocenters. The third-order valence-corrected chi connectivity index (χ3v) is 7.07. The lowest BCUT2D eigenvalue weighted by Gasteiger charge is -2.32. The number of ether oxygens (including phenoxy) is 1. The van der Waals surface area contributed by atoms with Crippen LogP contribution in [-0.4, -0.2) is 57.1 Å². The summed E-state index contributed by atoms with van der Waals surface area (Å²) >= 11 is 12.6. The van der Waals surface area contributed by atoms with Crippen LogP contribution in [0.3, 0.4) is 0 Å². The van der Waals surface area contributed by atoms with Crippen molar-refractivity contribution in [1.82, 2.24) is 10.2 Å². The van der Waals surface area contributed by atoms with E-state index >= 15 is 0 Å². The third kappa shape index (κ3) is 8.02. The third-order valence-electron chi connectivity index (χ3n) is 5.22. The van der Waals surface area contributed by atoms with E-state index in [1.165, 1.54) is 4.90 Å². The summed E-state index contributed by atoms with van der Waals surface area (Å²) in [6, 6.07) is 10.4. The normalized spacial score (nSPS) is 12.1. The van der Waals surface area contributed by atoms with Crippen molar-refractivity contribution < 1.29 is 22.7 Å². The molecule has 2 aromatic rings. The zero-order chi connectivity index (χ0) is 26.2. The maximum Gasteiger partial charge on any atom is 0.244 e. The average Bonchev–Trinajstić information content (AvgIpc) is 2.80. The predicted octanol–water partition coefficient (Wildman–Crippen LogP) is 4.10. The first-order valence-electron chi connectivity index (χ1n) is 11.2. The Morgan fingerprint density at radius 2 is 1.66 bits per heavy atom. The molecule has 0 saturated carbocycles. The lowest BCUT2D eigenvalue weighted by atomic mass is 10.1. The number of benzene rings is 2. The second-order valence-electron chi connectivity index (χ2n) is 7.89. The van der Waals surface area contributed by atoms with Crippen LogP contribution in [0.2, 0.25) is 10.0 Å². The van der Waals surface area contributed by atoms with E-state index in [4.69, 9.17) is 27.9 Å². The van der Waals surface area contributed by atoms with Gasteiger partial charge in [0, 0.05) is 28.7 Å². The number of carbonyl (C=O) groups is 2. The van der Waals surface area contributed by atoms with Crippen LogP contribution in [-0.2, 0) is 26.2 Å². The van der Waals surface area contributed by atoms with Crippen molar-refractivity contribution in [2.45, 2.75) is 39.8 Å². The van der Waals surface area contributed by atoms with Gasteiger partial charge >= 0.3 is 0 Å². The molecule has 2 amide bonds. The van der Waals surface area contributed by atoms with E-state index in [9.17, 15) is 18.0 Å². The van der Waals surface area contributed by atoms with Gasteiger partial charge in [-0.25, -0.2) is 8.42 Å². The van der Waals surface area contributed by atoms with Crippen LogP contribution in [0.1, 0.15) is 32.8 Å². The molecule has 0 aliphatic carbocycles. The molecule has 0 saturated heterocycles. The number of nitrogens with zero attached hydrogens (tertiary/aromatic N) is 2. The molecule has 2 rings (SSSR count). The van der Waals surface area contributed by atoms with E-state index < -0.39 is 28.5 Å². The van der Waals surface area contributed by atoms with Gasteiger partial charge in [-0.15, -0.1) is 0 Å². The number of hydrogen-bond acceptors (Lipinski definition) is 5. The van der Waals surface area contributed by atoms with Crippen LogP contribution >= 0.6 is 23.2 Å². The minimum atomic E-state index is -3.83. The van der Waals surface area contributed by atoms with Crippen LogP contribution in [0.25, 0.3) is 0 Å². The number of sulfonamides is 1. The molecule has 0 spiro atoms. The molecule has 0 heterocycles. The smallest absolute Gasteiger partial charge is 0.244 e. The molecule has 0 aromatic heterocycles. The summed E-state index contributed by atoms with van der Waals surface area (Å²) in [6.45, 7) is 5.66. The van der Waals surface area contributed by atoms with Gasteiger partial charge in [0.1, 0.15) is 18.3 Å². The summed E-state index contributed by atoms with van der Waals surface area (Å²) in [5.74, 6) is -0.373. The van der Waals surface area contributed by atoms with E-state index in [0.29, 0.717) is 40.2 Å². The summed E-state index contributed by atoms with van der Waals surface area (Å²) in [7, 11) is -3.83. The molecule has 1 N–H and O–H groups in total. The quantitative estimate of drug-likeness (QED) is 0.434. The van der Waals surface area contributed by atoms with Crippen LogP contribution in [0, 0.1) is 0 Å². The molecule has 0 radical (unpaired) electrons. The fourth-order valence-electron chi connectivity index (χ4n) is 3.32. The van der Waals surface area contributed by atoms with Gasteiger partial charge in [0.15, 0.2) is 0 Å². The Bertz CT molecular complexity index is 1110. The first-order valence-corrected chi connectivity index (χ1v) is 13.8. The fraction of sp³-hybridized carbons (Fsp3) is 0.417. The van der Waals surface area contributed by atoms with E-state index in [1.54, 1.807) is 49.4 Å². The average molecular weight is 545 g/mol. The Labute approximate surface area is 217 Å². The van der Waals surface area contributed by atoms with Crippen molar-refractivity contribution in [3.05, 3.63) is 58.1 Å². The number of rotatable bonds is 12. The van der Waals surface area contributed by atoms with Crippen LogP contribution < -0.4 is 14.4 Å². The van der Waals surface area contributed by atoms with Crippen molar-refractivity contribution in [2.75, 3.05) is 30.3 Å². The highest BCUT2D eigenvalue weighted by atomic mass is 35.5. The summed E-state index contributed by atoms with van der Waals surface area (Å²) in [4.78, 5) is 27.5. The van der Waals surface area contributed by atoms with E-state index in [0.717, 1.165) is 17.0 Å². The Morgan fingerprint density at radius 3 is 2.17 bits per heavy atom. The number of nitrogens with one attached hydrogen (secondary N) is 1. The van der Waals surface area contributed by atoms with Crippen molar-refractivity contribution in [3.8, 4) is 5.75 Å². The lowest BCUT2D eigenvalue weighted by Crippen LogP contribution is -2.51. The second-order valence-corrected chi connectivity index (χ2v) is 10.6. The molecule has 2 aromatic carbocycles. The van der Waals surface area contributed by atoms with Crippen molar-refractivity contribution in [3.63, 3.8) is 0 Å². The number of hydrogen-bond donors (Lipinski definition) is 1. The van der Waals surface area contributed by atoms with Gasteiger partial charge in [0.25, 0.3) is 0 Å². The molecular formula is C24H31Cl2N3O5S. The molecule has 0 fully saturated rings. The van der Waals surface area contributed by atoms with E-state index in [-0.39, 0.29) is 12.5 Å². The molecule has 0 aliphatic rings. The van der Waals surface area contributed by atoms with E-state index in [2.05, 4.69) is 5.32 Å². The molecule has 1 atom stereocenters. The van der Waals surface area contributed by atoms with Crippen molar-refractivity contribution in [2.24, 2.45) is 0 Å². The first kappa shape index (κ1) is 28.7. The van der Waals surface area contributed by atoms with Gasteiger partial charge in [-0.1, -0.05) is 36.2 Å². The molecule has 11 heteroatoms. The summed E-state index contributed by atoms with van der Waals surface area (Å²) < 4.78 is 31.6. The number of amides is 2. The number of halogens is 2. The standard InChI is InChI=1S/C24H31Cl2N3O5S/c1-5-14-27-24(31)17(3)28(15-20-21(25)8-7-9-22(20)26)23(30)16-29(35(4,32)33)18-10-12-19(13-11-18)34-6-2/h7-13,17H,5-6,14-16H2,1-4H3,(H,27,31)/t17-/m0/s1. The molecule has 192 valence electrons. The van der Waals surface area contributed by atoms with Gasteiger partial charge in [-0.3, -0.25) is 13.9 Å². The van der Waals surface area contributed by atoms with Crippen molar-refractivity contribution in [1.29, 1.82) is 0 Å². The summed E-state index contributed by atoms with van der Waals surface area (Å²) in [6.07, 6.45) is 1.74. The Hall–Kier alpha value is -2.49. The Kier molecular flexibility index (Phi) is 10.7. The van der Waals surface area contributed by atoms with Gasteiger partial charge in [0.2, 0.25) is 21.8 Å². The number of anilines is 1. The first-order chi connectivity index (χ1) is 16.5. The van der Waals surface area contributed by atoms with E-state index in [1.807, 2.05) is 13.8 Å². The minimum Gasteiger partial charge on any atom is -0.494 e. The summed E-state index contributed by atoms with van der Waals surface area (Å²) in [5, 5.41) is 3.44. The van der Waals surface area contributed by atoms with Crippen LogP contribution in [0.4, 0.5) is 5.69 Å². The largest absolute Gasteiger partial charge is 0.494 e. The molecule has 0 bridgehead atoms. The molecular weight excluding hydrogens is 513 g/mol. The maximum atomic E-state index is 13.5. The van der Waals surface area contributed by atoms with Crippen LogP contribution in [0.15, 0.2) is 42.5 Å². The predicted molar refractivity (Wildman–Crippen MR) is 140 cm³/mol. The van der Waals surface area contributed by atoms with Gasteiger partial charge in [0.05, 0.1) is 18.6 Å². The molecule has 8 nitrogen and oxygen atoms in total. The van der Waals surface area contributed by atoms with Gasteiger partial charge in [-0.05, 0) is 56.7 Å². The highest BCUT2D eigenvalue weighted by Gasteiger charge is 2.30. The lowest BCUT2D eigenvalue weighted by molar-refractivity contribution is -0.139. The Balaban J connectivity index is 2.41. The number of carbonyl (C=O) groups excluding carboxylic acids is 2. The zero-order valence-electron chi connectivity index (χ0n) is 20.3. The monoisotopic (exact) mass is 543 g/mol. The SMILES string of the molecule is CCCNC(=O)[C@H](C)N(Cc1c(Cl)cccc1Cl)C(=O)CN(c1ccc(OCC)cc1)S(C)(=O)=O. The molecule has 0 aliphatic heterocycles. The highest BCUT2D eigenvalue weighted by molar-refractivity contribution is 7.92. The van der Waals surface area contributed by atoms with Gasteiger partial charge in [-0.2, -0.15) is 0 Å². The maximum absolute atomic E-state index is 13.5. The zero-order valence-corrected chi connectivity index (χ0v) is 22.6. The topological polar surface area (TPSA) is 96.0 Å². The highest BCUT2D eigenvalue weighted by Crippen LogP contribution is 2.27. The van der Waals surface area contributed by atoms with Crippen LogP contribution in [0.5, 0.6) is 5.75 Å². The Morgan fingerprint density at radius 1 is 1.06 bits per heavy atom. The fourth-order valence-corrected chi connectivity index (χ4v) is 4.69.